The number of hydrogen-bond acceptors (Lipinski definition) is 10. The van der Waals surface area contributed by atoms with E-state index in [0.717, 1.165) is 16.7 Å². The molecule has 0 radical (unpaired) electrons. The third-order valence-corrected chi connectivity index (χ3v) is 8.40. The van der Waals surface area contributed by atoms with Crippen LogP contribution in [0.1, 0.15) is 23.6 Å². The topological polar surface area (TPSA) is 103 Å². The van der Waals surface area contributed by atoms with Gasteiger partial charge in [0.05, 0.1) is 32.5 Å². The Kier molecular flexibility index (Phi) is 13.1. The zero-order valence-corrected chi connectivity index (χ0v) is 26.9. The molecule has 0 aromatic heterocycles. The average Bonchev–Trinajstić information content (AvgIpc) is 3.10. The predicted molar refractivity (Wildman–Crippen MR) is 169 cm³/mol. The summed E-state index contributed by atoms with van der Waals surface area (Å²) >= 11 is 0. The molecular weight excluding hydrogens is 592 g/mol. The van der Waals surface area contributed by atoms with Gasteiger partial charge in [0.2, 0.25) is 0 Å². The van der Waals surface area contributed by atoms with Crippen LogP contribution in [-0.2, 0) is 62.5 Å². The summed E-state index contributed by atoms with van der Waals surface area (Å²) in [5, 5.41) is 11.1. The zero-order valence-electron chi connectivity index (χ0n) is 26.9. The Morgan fingerprint density at radius 2 is 1.00 bits per heavy atom. The van der Waals surface area contributed by atoms with Gasteiger partial charge in [-0.3, -0.25) is 0 Å². The van der Waals surface area contributed by atoms with Gasteiger partial charge in [0.15, 0.2) is 12.6 Å². The third-order valence-electron chi connectivity index (χ3n) is 8.40. The Hall–Kier alpha value is -2.74. The summed E-state index contributed by atoms with van der Waals surface area (Å²) in [6.45, 7) is 2.93. The number of ether oxygens (including phenoxy) is 9. The van der Waals surface area contributed by atoms with Crippen LogP contribution >= 0.6 is 0 Å². The van der Waals surface area contributed by atoms with E-state index in [9.17, 15) is 5.11 Å². The van der Waals surface area contributed by atoms with Crippen LogP contribution in [0.3, 0.4) is 0 Å². The van der Waals surface area contributed by atoms with Crippen molar-refractivity contribution >= 4 is 0 Å². The van der Waals surface area contributed by atoms with Crippen molar-refractivity contribution in [2.45, 2.75) is 88.2 Å². The fourth-order valence-corrected chi connectivity index (χ4v) is 5.93. The molecule has 0 amide bonds. The number of aliphatic hydroxyl groups is 1. The van der Waals surface area contributed by atoms with E-state index >= 15 is 0 Å². The summed E-state index contributed by atoms with van der Waals surface area (Å²) in [7, 11) is 4.55. The number of aliphatic hydroxyl groups excluding tert-OH is 1. The van der Waals surface area contributed by atoms with Crippen LogP contribution in [0.5, 0.6) is 0 Å². The highest BCUT2D eigenvalue weighted by Crippen LogP contribution is 2.32. The molecule has 0 bridgehead atoms. The number of methoxy groups -OCH3 is 3. The van der Waals surface area contributed by atoms with Gasteiger partial charge < -0.3 is 47.7 Å². The van der Waals surface area contributed by atoms with Crippen molar-refractivity contribution in [3.05, 3.63) is 108 Å². The molecule has 0 aliphatic carbocycles. The van der Waals surface area contributed by atoms with Gasteiger partial charge in [0.1, 0.15) is 42.7 Å². The molecule has 3 aromatic rings. The molecule has 10 heteroatoms. The van der Waals surface area contributed by atoms with Crippen molar-refractivity contribution in [1.82, 2.24) is 0 Å². The van der Waals surface area contributed by atoms with E-state index in [4.69, 9.17) is 42.6 Å². The van der Waals surface area contributed by atoms with E-state index in [1.54, 1.807) is 0 Å². The van der Waals surface area contributed by atoms with Crippen molar-refractivity contribution in [1.29, 1.82) is 0 Å². The number of rotatable bonds is 15. The van der Waals surface area contributed by atoms with E-state index in [1.165, 1.54) is 21.3 Å². The maximum atomic E-state index is 11.1. The first kappa shape index (κ1) is 34.6. The predicted octanol–water partition coefficient (Wildman–Crippen LogP) is 4.27. The molecule has 3 aromatic carbocycles. The van der Waals surface area contributed by atoms with E-state index in [2.05, 4.69) is 0 Å². The first-order chi connectivity index (χ1) is 22.5. The van der Waals surface area contributed by atoms with E-state index in [1.807, 2.05) is 97.9 Å². The van der Waals surface area contributed by atoms with Crippen molar-refractivity contribution in [2.75, 3.05) is 27.9 Å². The smallest absolute Gasteiger partial charge is 0.186 e. The fourth-order valence-electron chi connectivity index (χ4n) is 5.93. The molecule has 250 valence electrons. The lowest BCUT2D eigenvalue weighted by atomic mass is 9.97. The van der Waals surface area contributed by atoms with Crippen molar-refractivity contribution in [3.63, 3.8) is 0 Å². The molecule has 2 fully saturated rings. The minimum absolute atomic E-state index is 0.0269. The molecule has 0 unspecified atom stereocenters. The Balaban J connectivity index is 1.38. The Morgan fingerprint density at radius 3 is 1.48 bits per heavy atom. The normalized spacial score (nSPS) is 31.5. The van der Waals surface area contributed by atoms with Gasteiger partial charge >= 0.3 is 0 Å². The van der Waals surface area contributed by atoms with E-state index < -0.39 is 61.4 Å². The Labute approximate surface area is 271 Å². The molecule has 0 spiro atoms. The second-order valence-corrected chi connectivity index (χ2v) is 11.5. The molecule has 0 saturated carbocycles. The molecular formula is C36H46O10. The summed E-state index contributed by atoms with van der Waals surface area (Å²) in [5.41, 5.74) is 3.05. The highest BCUT2D eigenvalue weighted by Gasteiger charge is 2.50. The van der Waals surface area contributed by atoms with Gasteiger partial charge in [0, 0.05) is 21.3 Å². The van der Waals surface area contributed by atoms with Crippen LogP contribution in [0.4, 0.5) is 0 Å². The maximum absolute atomic E-state index is 11.1. The van der Waals surface area contributed by atoms with E-state index in [-0.39, 0.29) is 6.61 Å². The second kappa shape index (κ2) is 17.4. The zero-order chi connectivity index (χ0) is 32.3. The van der Waals surface area contributed by atoms with Gasteiger partial charge in [-0.15, -0.1) is 0 Å². The van der Waals surface area contributed by atoms with Crippen LogP contribution in [0.15, 0.2) is 91.0 Å². The van der Waals surface area contributed by atoms with Crippen LogP contribution in [0.2, 0.25) is 0 Å². The van der Waals surface area contributed by atoms with Crippen LogP contribution in [0, 0.1) is 0 Å². The summed E-state index contributed by atoms with van der Waals surface area (Å²) in [6.07, 6.45) is -6.91. The largest absolute Gasteiger partial charge is 0.387 e. The molecule has 2 saturated heterocycles. The highest BCUT2D eigenvalue weighted by molar-refractivity contribution is 5.15. The SMILES string of the molecule is CO[C@H]1O[C@H](CO[C@H]2O[C@@H](C)[C@@H](OCc3ccccc3)[C@@H](OCc3ccccc3)[C@@H]2OCc2ccccc2)[C@@H](O)[C@H](OC)[C@H]1OC. The monoisotopic (exact) mass is 638 g/mol. The molecule has 10 atom stereocenters. The molecule has 10 nitrogen and oxygen atoms in total. The fraction of sp³-hybridized carbons (Fsp3) is 0.500. The third kappa shape index (κ3) is 8.78. The second-order valence-electron chi connectivity index (χ2n) is 11.5. The first-order valence-corrected chi connectivity index (χ1v) is 15.7. The minimum atomic E-state index is -1.04. The summed E-state index contributed by atoms with van der Waals surface area (Å²) < 4.78 is 55.2. The number of benzene rings is 3. The van der Waals surface area contributed by atoms with Gasteiger partial charge in [-0.25, -0.2) is 0 Å². The van der Waals surface area contributed by atoms with Crippen molar-refractivity contribution in [3.8, 4) is 0 Å². The molecule has 5 rings (SSSR count). The van der Waals surface area contributed by atoms with Crippen LogP contribution in [-0.4, -0.2) is 94.5 Å². The number of hydrogen-bond donors (Lipinski definition) is 1. The van der Waals surface area contributed by atoms with Gasteiger partial charge in [-0.1, -0.05) is 91.0 Å². The lowest BCUT2D eigenvalue weighted by molar-refractivity contribution is -0.340. The molecule has 1 N–H and O–H groups in total. The van der Waals surface area contributed by atoms with Gasteiger partial charge in [-0.05, 0) is 23.6 Å². The Morgan fingerprint density at radius 1 is 0.522 bits per heavy atom. The van der Waals surface area contributed by atoms with E-state index in [0.29, 0.717) is 19.8 Å². The standard InChI is InChI=1S/C36H46O10/c1-24-30(41-20-25-14-8-5-9-15-25)32(42-21-26-16-10-6-11-17-26)34(43-22-27-18-12-7-13-19-27)36(45-24)44-23-28-29(37)31(38-2)33(39-3)35(40-4)46-28/h5-19,24,28-37H,20-23H2,1-4H3/t24-,28+,29+,30+,31-,32+,33+,34-,35-,36-/m0/s1. The van der Waals surface area contributed by atoms with Gasteiger partial charge in [0.25, 0.3) is 0 Å². The summed E-state index contributed by atoms with van der Waals surface area (Å²) in [4.78, 5) is 0. The van der Waals surface area contributed by atoms with Crippen molar-refractivity contribution in [2.24, 2.45) is 0 Å². The lowest BCUT2D eigenvalue weighted by Gasteiger charge is -2.46. The molecule has 46 heavy (non-hydrogen) atoms. The Bertz CT molecular complexity index is 1270. The molecule has 2 aliphatic heterocycles. The highest BCUT2D eigenvalue weighted by atomic mass is 16.7. The first-order valence-electron chi connectivity index (χ1n) is 15.7. The van der Waals surface area contributed by atoms with Crippen LogP contribution in [0.25, 0.3) is 0 Å². The minimum Gasteiger partial charge on any atom is -0.387 e. The van der Waals surface area contributed by atoms with Gasteiger partial charge in [-0.2, -0.15) is 0 Å². The quantitative estimate of drug-likeness (QED) is 0.260. The summed E-state index contributed by atoms with van der Waals surface area (Å²) in [5.74, 6) is 0. The molecule has 2 heterocycles. The summed E-state index contributed by atoms with van der Waals surface area (Å²) in [6, 6.07) is 29.8. The molecule has 2 aliphatic rings. The average molecular weight is 639 g/mol. The van der Waals surface area contributed by atoms with Crippen LogP contribution < -0.4 is 0 Å². The lowest BCUT2D eigenvalue weighted by Crippen LogP contribution is -2.62. The maximum Gasteiger partial charge on any atom is 0.186 e. The van der Waals surface area contributed by atoms with Crippen molar-refractivity contribution < 1.29 is 47.7 Å².